The first-order valence-corrected chi connectivity index (χ1v) is 24.7. The summed E-state index contributed by atoms with van der Waals surface area (Å²) in [6.07, 6.45) is 59.6. The molecule has 0 aromatic rings. The Hall–Kier alpha value is -3.59. The van der Waals surface area contributed by atoms with Crippen molar-refractivity contribution in [3.8, 4) is 0 Å². The summed E-state index contributed by atoms with van der Waals surface area (Å²) in [5.41, 5.74) is 0. The molecule has 0 spiro atoms. The highest BCUT2D eigenvalue weighted by molar-refractivity contribution is 7.45. The van der Waals surface area contributed by atoms with Crippen LogP contribution in [-0.2, 0) is 32.7 Å². The van der Waals surface area contributed by atoms with Crippen molar-refractivity contribution in [2.45, 2.75) is 148 Å². The Morgan fingerprint density at radius 3 is 1.40 bits per heavy atom. The Morgan fingerprint density at radius 2 is 0.952 bits per heavy atom. The molecule has 350 valence electrons. The third-order valence-corrected chi connectivity index (χ3v) is 9.94. The molecule has 0 saturated carbocycles. The molecular formula is C52H84NO8P. The highest BCUT2D eigenvalue weighted by atomic mass is 31.2. The van der Waals surface area contributed by atoms with Gasteiger partial charge in [0.05, 0.1) is 27.7 Å². The normalized spacial score (nSPS) is 14.6. The van der Waals surface area contributed by atoms with Crippen LogP contribution in [0.1, 0.15) is 142 Å². The number of allylic oxidation sites excluding steroid dienone is 20. The summed E-state index contributed by atoms with van der Waals surface area (Å²) in [7, 11) is 1.08. The molecule has 0 radical (unpaired) electrons. The Balaban J connectivity index is 4.54. The van der Waals surface area contributed by atoms with Crippen LogP contribution >= 0.6 is 7.82 Å². The zero-order chi connectivity index (χ0) is 45.7. The smallest absolute Gasteiger partial charge is 0.306 e. The first-order valence-electron chi connectivity index (χ1n) is 23.2. The van der Waals surface area contributed by atoms with E-state index in [1.165, 1.54) is 25.7 Å². The van der Waals surface area contributed by atoms with Crippen molar-refractivity contribution in [2.24, 2.45) is 0 Å². The van der Waals surface area contributed by atoms with Gasteiger partial charge in [-0.25, -0.2) is 0 Å². The van der Waals surface area contributed by atoms with Gasteiger partial charge in [0, 0.05) is 12.8 Å². The number of ether oxygens (including phenoxy) is 2. The van der Waals surface area contributed by atoms with Gasteiger partial charge in [-0.15, -0.1) is 0 Å². The van der Waals surface area contributed by atoms with Crippen LogP contribution in [0.25, 0.3) is 0 Å². The molecule has 1 unspecified atom stereocenters. The summed E-state index contributed by atoms with van der Waals surface area (Å²) < 4.78 is 33.8. The lowest BCUT2D eigenvalue weighted by Gasteiger charge is -2.28. The molecule has 0 fully saturated rings. The average Bonchev–Trinajstić information content (AvgIpc) is 3.23. The Kier molecular flexibility index (Phi) is 40.2. The third-order valence-electron chi connectivity index (χ3n) is 8.98. The van der Waals surface area contributed by atoms with Gasteiger partial charge in [0.15, 0.2) is 6.10 Å². The summed E-state index contributed by atoms with van der Waals surface area (Å²) in [6, 6.07) is 0. The number of phosphoric acid groups is 1. The van der Waals surface area contributed by atoms with Crippen LogP contribution in [0.15, 0.2) is 122 Å². The molecule has 0 aliphatic heterocycles. The van der Waals surface area contributed by atoms with Gasteiger partial charge in [0.25, 0.3) is 7.82 Å². The average molecular weight is 882 g/mol. The van der Waals surface area contributed by atoms with Crippen LogP contribution in [0, 0.1) is 0 Å². The van der Waals surface area contributed by atoms with Crippen LogP contribution in [0.3, 0.4) is 0 Å². The predicted molar refractivity (Wildman–Crippen MR) is 258 cm³/mol. The molecule has 0 aliphatic rings. The van der Waals surface area contributed by atoms with Crippen LogP contribution in [0.5, 0.6) is 0 Å². The standard InChI is InChI=1S/C52H84NO8P/c1-6-8-10-12-14-16-18-20-22-24-26-28-30-32-34-36-38-40-42-44-51(54)58-48-50(49-60-62(56,57)59-47-46-53(3,4)5)61-52(55)45-43-41-39-37-35-33-31-29-27-25-23-21-19-17-15-13-11-9-7-2/h8,10,14-17,20-23,26-29,32-35,39,41,50H,6-7,9,11-13,18-19,24-25,30-31,36-38,40,42-49H2,1-5H3/b10-8-,16-14-,17-15-,22-20-,23-21-,28-26-,29-27-,34-32-,35-33-,41-39-/t50-/m1/s1. The van der Waals surface area contributed by atoms with E-state index in [9.17, 15) is 19.0 Å². The van der Waals surface area contributed by atoms with Crippen molar-refractivity contribution in [2.75, 3.05) is 47.5 Å². The minimum atomic E-state index is -4.67. The topological polar surface area (TPSA) is 111 Å². The molecule has 9 nitrogen and oxygen atoms in total. The lowest BCUT2D eigenvalue weighted by molar-refractivity contribution is -0.870. The van der Waals surface area contributed by atoms with Gasteiger partial charge >= 0.3 is 11.9 Å². The number of hydrogen-bond acceptors (Lipinski definition) is 8. The van der Waals surface area contributed by atoms with Crippen LogP contribution in [0.2, 0.25) is 0 Å². The van der Waals surface area contributed by atoms with E-state index in [0.29, 0.717) is 23.9 Å². The van der Waals surface area contributed by atoms with E-state index < -0.39 is 32.5 Å². The van der Waals surface area contributed by atoms with Crippen molar-refractivity contribution in [3.05, 3.63) is 122 Å². The van der Waals surface area contributed by atoms with E-state index in [1.54, 1.807) is 0 Å². The monoisotopic (exact) mass is 882 g/mol. The highest BCUT2D eigenvalue weighted by Gasteiger charge is 2.21. The molecule has 0 aromatic heterocycles. The van der Waals surface area contributed by atoms with Gasteiger partial charge in [0.2, 0.25) is 0 Å². The SMILES string of the molecule is CC/C=C\C/C=C\C/C=C\C/C=C\C/C=C\CCCCCC(=O)OC[C@H](COP(=O)([O-])OCC[N+](C)(C)C)OC(=O)CC/C=C\C/C=C\C/C=C\C/C=C\C/C=C\CCCCC. The fourth-order valence-electron chi connectivity index (χ4n) is 5.37. The van der Waals surface area contributed by atoms with E-state index in [2.05, 4.69) is 123 Å². The molecule has 2 atom stereocenters. The summed E-state index contributed by atoms with van der Waals surface area (Å²) in [6.45, 7) is 3.93. The number of carbonyl (C=O) groups excluding carboxylic acids is 2. The molecule has 10 heteroatoms. The maximum atomic E-state index is 12.7. The van der Waals surface area contributed by atoms with Crippen molar-refractivity contribution >= 4 is 19.8 Å². The zero-order valence-corrected chi connectivity index (χ0v) is 40.1. The van der Waals surface area contributed by atoms with Crippen molar-refractivity contribution in [1.29, 1.82) is 0 Å². The molecule has 0 heterocycles. The second kappa shape index (κ2) is 42.7. The Labute approximate surface area is 378 Å². The molecule has 0 aromatic carbocycles. The van der Waals surface area contributed by atoms with Gasteiger partial charge in [-0.1, -0.05) is 155 Å². The minimum absolute atomic E-state index is 0.0573. The van der Waals surface area contributed by atoms with Gasteiger partial charge in [-0.3, -0.25) is 14.2 Å². The van der Waals surface area contributed by atoms with E-state index in [0.717, 1.165) is 77.0 Å². The maximum Gasteiger partial charge on any atom is 0.306 e. The van der Waals surface area contributed by atoms with Crippen LogP contribution < -0.4 is 4.89 Å². The minimum Gasteiger partial charge on any atom is -0.756 e. The number of esters is 2. The van der Waals surface area contributed by atoms with Crippen molar-refractivity contribution < 1.29 is 42.1 Å². The summed E-state index contributed by atoms with van der Waals surface area (Å²) in [4.78, 5) is 37.6. The molecule has 62 heavy (non-hydrogen) atoms. The third kappa shape index (κ3) is 45.9. The molecule has 0 aliphatic carbocycles. The lowest BCUT2D eigenvalue weighted by Crippen LogP contribution is -2.37. The zero-order valence-electron chi connectivity index (χ0n) is 39.3. The molecule has 0 bridgehead atoms. The number of likely N-dealkylation sites (N-methyl/N-ethyl adjacent to an activating group) is 1. The quantitative estimate of drug-likeness (QED) is 0.0197. The highest BCUT2D eigenvalue weighted by Crippen LogP contribution is 2.38. The first kappa shape index (κ1) is 58.4. The Bertz CT molecular complexity index is 1460. The van der Waals surface area contributed by atoms with Gasteiger partial charge in [-0.05, 0) is 96.3 Å². The van der Waals surface area contributed by atoms with Crippen molar-refractivity contribution in [1.82, 2.24) is 0 Å². The molecule has 0 amide bonds. The van der Waals surface area contributed by atoms with Gasteiger partial charge < -0.3 is 27.9 Å². The largest absolute Gasteiger partial charge is 0.756 e. The molecule has 0 saturated heterocycles. The van der Waals surface area contributed by atoms with Gasteiger partial charge in [-0.2, -0.15) is 0 Å². The number of carbonyl (C=O) groups is 2. The number of nitrogens with zero attached hydrogens (tertiary/aromatic N) is 1. The van der Waals surface area contributed by atoms with E-state index in [-0.39, 0.29) is 26.1 Å². The fraction of sp³-hybridized carbons (Fsp3) is 0.577. The second-order valence-electron chi connectivity index (χ2n) is 16.0. The summed E-state index contributed by atoms with van der Waals surface area (Å²) >= 11 is 0. The number of hydrogen-bond donors (Lipinski definition) is 0. The second-order valence-corrected chi connectivity index (χ2v) is 17.4. The molecule has 0 rings (SSSR count). The van der Waals surface area contributed by atoms with Crippen molar-refractivity contribution in [3.63, 3.8) is 0 Å². The molecule has 0 N–H and O–H groups in total. The van der Waals surface area contributed by atoms with E-state index in [1.807, 2.05) is 33.3 Å². The number of rotatable bonds is 40. The lowest BCUT2D eigenvalue weighted by atomic mass is 10.1. The van der Waals surface area contributed by atoms with Crippen LogP contribution in [-0.4, -0.2) is 70.0 Å². The van der Waals surface area contributed by atoms with Crippen LogP contribution in [0.4, 0.5) is 0 Å². The number of quaternary nitrogens is 1. The Morgan fingerprint density at radius 1 is 0.516 bits per heavy atom. The van der Waals surface area contributed by atoms with E-state index >= 15 is 0 Å². The fourth-order valence-corrected chi connectivity index (χ4v) is 6.10. The summed E-state index contributed by atoms with van der Waals surface area (Å²) in [5, 5.41) is 0. The number of unbranched alkanes of at least 4 members (excludes halogenated alkanes) is 6. The van der Waals surface area contributed by atoms with E-state index in [4.69, 9.17) is 18.5 Å². The first-order chi connectivity index (χ1) is 30.0. The number of phosphoric ester groups is 1. The predicted octanol–water partition coefficient (Wildman–Crippen LogP) is 13.1. The summed E-state index contributed by atoms with van der Waals surface area (Å²) in [5.74, 6) is -0.982. The molecular weight excluding hydrogens is 798 g/mol. The maximum absolute atomic E-state index is 12.7. The van der Waals surface area contributed by atoms with Gasteiger partial charge in [0.1, 0.15) is 19.8 Å².